The molecule has 1 aliphatic heterocycles. The maximum absolute atomic E-state index is 13.9. The van der Waals surface area contributed by atoms with E-state index in [1.165, 1.54) is 52.7 Å². The number of amides is 1. The SMILES string of the molecule is COc1ccc(OC)c(N(CC(=O)NCCCN2CCN(C)CC2)S(=O)(=O)c2ccc(OC)c(OC)c2)c1. The largest absolute Gasteiger partial charge is 0.497 e. The summed E-state index contributed by atoms with van der Waals surface area (Å²) in [7, 11) is 3.68. The summed E-state index contributed by atoms with van der Waals surface area (Å²) in [5, 5.41) is 2.86. The standard InChI is InChI=1S/C26H38N4O7S/c1-28-13-15-29(16-14-28)12-6-11-27-26(31)19-30(22-17-20(34-2)7-9-23(22)35-3)38(32,33)21-8-10-24(36-4)25(18-21)37-5/h7-10,17-18H,6,11-16,19H2,1-5H3,(H,27,31). The van der Waals surface area contributed by atoms with Crippen LogP contribution in [0.15, 0.2) is 41.3 Å². The molecule has 2 aromatic carbocycles. The molecule has 38 heavy (non-hydrogen) atoms. The Hall–Kier alpha value is -3.22. The summed E-state index contributed by atoms with van der Waals surface area (Å²) >= 11 is 0. The molecule has 0 bridgehead atoms. The zero-order valence-electron chi connectivity index (χ0n) is 22.7. The molecule has 2 aromatic rings. The van der Waals surface area contributed by atoms with Crippen LogP contribution < -0.4 is 28.6 Å². The third-order valence-electron chi connectivity index (χ3n) is 6.45. The molecule has 0 atom stereocenters. The Morgan fingerprint density at radius 1 is 0.895 bits per heavy atom. The number of methoxy groups -OCH3 is 4. The first-order valence-corrected chi connectivity index (χ1v) is 13.8. The molecule has 3 rings (SSSR count). The van der Waals surface area contributed by atoms with Gasteiger partial charge in [-0.05, 0) is 44.3 Å². The van der Waals surface area contributed by atoms with Crippen LogP contribution in [-0.4, -0.2) is 105 Å². The maximum atomic E-state index is 13.9. The Morgan fingerprint density at radius 2 is 1.55 bits per heavy atom. The van der Waals surface area contributed by atoms with Crippen molar-refractivity contribution >= 4 is 21.6 Å². The lowest BCUT2D eigenvalue weighted by atomic mass is 10.2. The van der Waals surface area contributed by atoms with E-state index < -0.39 is 22.5 Å². The molecule has 1 heterocycles. The number of anilines is 1. The van der Waals surface area contributed by atoms with E-state index in [-0.39, 0.29) is 22.1 Å². The van der Waals surface area contributed by atoms with Gasteiger partial charge in [-0.1, -0.05) is 0 Å². The van der Waals surface area contributed by atoms with Gasteiger partial charge in [0.05, 0.1) is 39.0 Å². The molecular weight excluding hydrogens is 512 g/mol. The molecule has 0 spiro atoms. The van der Waals surface area contributed by atoms with E-state index in [1.807, 2.05) is 0 Å². The first kappa shape index (κ1) is 29.3. The van der Waals surface area contributed by atoms with Gasteiger partial charge in [-0.15, -0.1) is 0 Å². The number of carbonyl (C=O) groups excluding carboxylic acids is 1. The summed E-state index contributed by atoms with van der Waals surface area (Å²) in [5.41, 5.74) is 0.175. The number of hydrogen-bond acceptors (Lipinski definition) is 9. The molecule has 0 saturated carbocycles. The fourth-order valence-electron chi connectivity index (χ4n) is 4.18. The van der Waals surface area contributed by atoms with Crippen molar-refractivity contribution in [3.63, 3.8) is 0 Å². The Kier molecular flexibility index (Phi) is 10.5. The molecule has 1 saturated heterocycles. The number of nitrogens with zero attached hydrogens (tertiary/aromatic N) is 3. The zero-order valence-corrected chi connectivity index (χ0v) is 23.5. The molecular formula is C26H38N4O7S. The maximum Gasteiger partial charge on any atom is 0.265 e. The quantitative estimate of drug-likeness (QED) is 0.373. The topological polar surface area (TPSA) is 110 Å². The minimum atomic E-state index is -4.23. The average Bonchev–Trinajstić information content (AvgIpc) is 2.94. The summed E-state index contributed by atoms with van der Waals surface area (Å²) in [6, 6.07) is 9.05. The molecule has 1 aliphatic rings. The predicted octanol–water partition coefficient (Wildman–Crippen LogP) is 1.67. The van der Waals surface area contributed by atoms with Crippen molar-refractivity contribution in [2.45, 2.75) is 11.3 Å². The molecule has 1 N–H and O–H groups in total. The Balaban J connectivity index is 1.83. The van der Waals surface area contributed by atoms with Gasteiger partial charge in [0.25, 0.3) is 10.0 Å². The normalized spacial score (nSPS) is 14.6. The molecule has 0 unspecified atom stereocenters. The van der Waals surface area contributed by atoms with Crippen molar-refractivity contribution in [3.05, 3.63) is 36.4 Å². The van der Waals surface area contributed by atoms with Gasteiger partial charge >= 0.3 is 0 Å². The molecule has 0 aliphatic carbocycles. The van der Waals surface area contributed by atoms with Gasteiger partial charge in [0.2, 0.25) is 5.91 Å². The lowest BCUT2D eigenvalue weighted by Gasteiger charge is -2.32. The molecule has 210 valence electrons. The number of carbonyl (C=O) groups is 1. The van der Waals surface area contributed by atoms with E-state index in [2.05, 4.69) is 22.2 Å². The lowest BCUT2D eigenvalue weighted by Crippen LogP contribution is -2.45. The van der Waals surface area contributed by atoms with Crippen molar-refractivity contribution in [3.8, 4) is 23.0 Å². The monoisotopic (exact) mass is 550 g/mol. The van der Waals surface area contributed by atoms with E-state index in [0.29, 0.717) is 18.0 Å². The van der Waals surface area contributed by atoms with Gasteiger partial charge in [0, 0.05) is 44.9 Å². The van der Waals surface area contributed by atoms with Crippen LogP contribution in [0.3, 0.4) is 0 Å². The first-order valence-electron chi connectivity index (χ1n) is 12.4. The highest BCUT2D eigenvalue weighted by molar-refractivity contribution is 7.92. The van der Waals surface area contributed by atoms with Gasteiger partial charge in [-0.25, -0.2) is 8.42 Å². The molecule has 0 aromatic heterocycles. The van der Waals surface area contributed by atoms with Crippen LogP contribution in [0.25, 0.3) is 0 Å². The van der Waals surface area contributed by atoms with Crippen LogP contribution in [0.5, 0.6) is 23.0 Å². The minimum absolute atomic E-state index is 0.0668. The summed E-state index contributed by atoms with van der Waals surface area (Å²) in [4.78, 5) is 17.6. The highest BCUT2D eigenvalue weighted by Crippen LogP contribution is 2.37. The summed E-state index contributed by atoms with van der Waals surface area (Å²) in [6.07, 6.45) is 0.764. The number of piperazine rings is 1. The highest BCUT2D eigenvalue weighted by Gasteiger charge is 2.31. The van der Waals surface area contributed by atoms with Gasteiger partial charge in [0.1, 0.15) is 18.0 Å². The van der Waals surface area contributed by atoms with E-state index >= 15 is 0 Å². The van der Waals surface area contributed by atoms with Crippen molar-refractivity contribution in [1.82, 2.24) is 15.1 Å². The Bertz CT molecular complexity index is 1180. The van der Waals surface area contributed by atoms with Crippen LogP contribution in [0, 0.1) is 0 Å². The van der Waals surface area contributed by atoms with Crippen LogP contribution in [0.1, 0.15) is 6.42 Å². The number of sulfonamides is 1. The molecule has 12 heteroatoms. The van der Waals surface area contributed by atoms with Gasteiger partial charge < -0.3 is 34.1 Å². The van der Waals surface area contributed by atoms with E-state index in [9.17, 15) is 13.2 Å². The van der Waals surface area contributed by atoms with Crippen LogP contribution >= 0.6 is 0 Å². The van der Waals surface area contributed by atoms with Crippen molar-refractivity contribution in [2.75, 3.05) is 85.6 Å². The van der Waals surface area contributed by atoms with Gasteiger partial charge in [0.15, 0.2) is 11.5 Å². The minimum Gasteiger partial charge on any atom is -0.497 e. The summed E-state index contributed by atoms with van der Waals surface area (Å²) in [5.74, 6) is 0.894. The zero-order chi connectivity index (χ0) is 27.7. The number of benzene rings is 2. The van der Waals surface area contributed by atoms with E-state index in [4.69, 9.17) is 18.9 Å². The second kappa shape index (κ2) is 13.5. The van der Waals surface area contributed by atoms with Gasteiger partial charge in [-0.3, -0.25) is 9.10 Å². The van der Waals surface area contributed by atoms with Crippen LogP contribution in [0.2, 0.25) is 0 Å². The lowest BCUT2D eigenvalue weighted by molar-refractivity contribution is -0.119. The van der Waals surface area contributed by atoms with Crippen molar-refractivity contribution in [1.29, 1.82) is 0 Å². The fraction of sp³-hybridized carbons (Fsp3) is 0.500. The summed E-state index contributed by atoms with van der Waals surface area (Å²) in [6.45, 7) is 4.90. The number of rotatable bonds is 13. The summed E-state index contributed by atoms with van der Waals surface area (Å²) < 4.78 is 50.1. The number of nitrogens with one attached hydrogen (secondary N) is 1. The Morgan fingerprint density at radius 3 is 2.18 bits per heavy atom. The van der Waals surface area contributed by atoms with Crippen LogP contribution in [0.4, 0.5) is 5.69 Å². The average molecular weight is 551 g/mol. The van der Waals surface area contributed by atoms with Gasteiger partial charge in [-0.2, -0.15) is 0 Å². The molecule has 1 amide bonds. The predicted molar refractivity (Wildman–Crippen MR) is 145 cm³/mol. The fourth-order valence-corrected chi connectivity index (χ4v) is 5.62. The third kappa shape index (κ3) is 7.21. The first-order chi connectivity index (χ1) is 18.2. The second-order valence-electron chi connectivity index (χ2n) is 8.91. The molecule has 11 nitrogen and oxygen atoms in total. The van der Waals surface area contributed by atoms with E-state index in [1.54, 1.807) is 12.1 Å². The van der Waals surface area contributed by atoms with E-state index in [0.717, 1.165) is 43.4 Å². The number of ether oxygens (including phenoxy) is 4. The van der Waals surface area contributed by atoms with Crippen molar-refractivity contribution in [2.24, 2.45) is 0 Å². The third-order valence-corrected chi connectivity index (χ3v) is 8.21. The Labute approximate surface area is 225 Å². The number of likely N-dealkylation sites (N-methyl/N-ethyl adjacent to an activating group) is 1. The highest BCUT2D eigenvalue weighted by atomic mass is 32.2. The molecule has 0 radical (unpaired) electrons. The van der Waals surface area contributed by atoms with Crippen LogP contribution in [-0.2, 0) is 14.8 Å². The number of hydrogen-bond donors (Lipinski definition) is 1. The molecule has 1 fully saturated rings. The second-order valence-corrected chi connectivity index (χ2v) is 10.8. The smallest absolute Gasteiger partial charge is 0.265 e. The van der Waals surface area contributed by atoms with Crippen molar-refractivity contribution < 1.29 is 32.2 Å².